The maximum atomic E-state index is 13.6. The van der Waals surface area contributed by atoms with Gasteiger partial charge in [0.1, 0.15) is 11.6 Å². The molecule has 7 heteroatoms. The molecular formula is C16H16ClFN4O. The first-order valence-electron chi connectivity index (χ1n) is 7.26. The van der Waals surface area contributed by atoms with Crippen LogP contribution in [0.4, 0.5) is 15.9 Å². The molecule has 23 heavy (non-hydrogen) atoms. The number of rotatable bonds is 3. The summed E-state index contributed by atoms with van der Waals surface area (Å²) in [7, 11) is 0. The van der Waals surface area contributed by atoms with Gasteiger partial charge in [-0.3, -0.25) is 4.79 Å². The molecule has 5 nitrogen and oxygen atoms in total. The third kappa shape index (κ3) is 3.37. The average Bonchev–Trinajstić information content (AvgIpc) is 3.00. The van der Waals surface area contributed by atoms with Crippen molar-refractivity contribution < 1.29 is 9.18 Å². The van der Waals surface area contributed by atoms with Gasteiger partial charge in [0.15, 0.2) is 0 Å². The molecular weight excluding hydrogens is 319 g/mol. The first kappa shape index (κ1) is 15.6. The Morgan fingerprint density at radius 1 is 1.43 bits per heavy atom. The Kier molecular flexibility index (Phi) is 4.34. The predicted molar refractivity (Wildman–Crippen MR) is 88.1 cm³/mol. The SMILES string of the molecule is Nc1c(F)cc(Cl)cc1C(=O)N[C@H]1CCN(c2ccccn2)C1. The standard InChI is InChI=1S/C16H16ClFN4O/c17-10-7-12(15(19)13(18)8-10)16(23)21-11-4-6-22(9-11)14-3-1-2-5-20-14/h1-3,5,7-8,11H,4,6,9,19H2,(H,21,23)/t11-/m0/s1. The summed E-state index contributed by atoms with van der Waals surface area (Å²) < 4.78 is 13.6. The number of nitrogens with one attached hydrogen (secondary N) is 1. The van der Waals surface area contributed by atoms with Crippen LogP contribution in [0.25, 0.3) is 0 Å². The first-order chi connectivity index (χ1) is 11.0. The van der Waals surface area contributed by atoms with E-state index >= 15 is 0 Å². The van der Waals surface area contributed by atoms with Gasteiger partial charge >= 0.3 is 0 Å². The number of aromatic nitrogens is 1. The fourth-order valence-electron chi connectivity index (χ4n) is 2.66. The molecule has 1 aromatic heterocycles. The average molecular weight is 335 g/mol. The molecule has 2 heterocycles. The van der Waals surface area contributed by atoms with Crippen LogP contribution in [-0.4, -0.2) is 30.0 Å². The van der Waals surface area contributed by atoms with Crippen molar-refractivity contribution >= 4 is 29.0 Å². The largest absolute Gasteiger partial charge is 0.396 e. The normalized spacial score (nSPS) is 17.3. The number of pyridine rings is 1. The number of halogens is 2. The van der Waals surface area contributed by atoms with Crippen molar-refractivity contribution in [2.45, 2.75) is 12.5 Å². The van der Waals surface area contributed by atoms with Crippen LogP contribution in [0.15, 0.2) is 36.5 Å². The third-order valence-electron chi connectivity index (χ3n) is 3.84. The topological polar surface area (TPSA) is 71.2 Å². The molecule has 1 fully saturated rings. The van der Waals surface area contributed by atoms with Crippen LogP contribution in [0, 0.1) is 5.82 Å². The van der Waals surface area contributed by atoms with Crippen molar-refractivity contribution in [2.24, 2.45) is 0 Å². The number of anilines is 2. The number of hydrogen-bond donors (Lipinski definition) is 2. The lowest BCUT2D eigenvalue weighted by Gasteiger charge is -2.18. The van der Waals surface area contributed by atoms with Crippen LogP contribution in [0.2, 0.25) is 5.02 Å². The highest BCUT2D eigenvalue weighted by atomic mass is 35.5. The number of nitrogens with zero attached hydrogens (tertiary/aromatic N) is 2. The molecule has 1 atom stereocenters. The van der Waals surface area contributed by atoms with Crippen LogP contribution in [0.5, 0.6) is 0 Å². The van der Waals surface area contributed by atoms with Gasteiger partial charge in [-0.25, -0.2) is 9.37 Å². The zero-order valence-corrected chi connectivity index (χ0v) is 13.1. The zero-order valence-electron chi connectivity index (χ0n) is 12.3. The number of hydrogen-bond acceptors (Lipinski definition) is 4. The Bertz CT molecular complexity index is 726. The van der Waals surface area contributed by atoms with Gasteiger partial charge in [0, 0.05) is 30.4 Å². The van der Waals surface area contributed by atoms with Crippen molar-refractivity contribution in [1.29, 1.82) is 0 Å². The van der Waals surface area contributed by atoms with E-state index < -0.39 is 11.7 Å². The molecule has 3 N–H and O–H groups in total. The molecule has 0 spiro atoms. The number of nitrogen functional groups attached to an aromatic ring is 1. The zero-order chi connectivity index (χ0) is 16.4. The number of nitrogens with two attached hydrogens (primary N) is 1. The van der Waals surface area contributed by atoms with Gasteiger partial charge in [-0.1, -0.05) is 17.7 Å². The van der Waals surface area contributed by atoms with E-state index in [0.29, 0.717) is 6.54 Å². The van der Waals surface area contributed by atoms with Gasteiger partial charge in [-0.15, -0.1) is 0 Å². The van der Waals surface area contributed by atoms with Crippen LogP contribution in [-0.2, 0) is 0 Å². The first-order valence-corrected chi connectivity index (χ1v) is 7.64. The van der Waals surface area contributed by atoms with E-state index in [1.807, 2.05) is 18.2 Å². The summed E-state index contributed by atoms with van der Waals surface area (Å²) in [5.74, 6) is -0.237. The van der Waals surface area contributed by atoms with E-state index in [4.69, 9.17) is 17.3 Å². The maximum Gasteiger partial charge on any atom is 0.253 e. The molecule has 0 bridgehead atoms. The molecule has 1 saturated heterocycles. The number of carbonyl (C=O) groups excluding carboxylic acids is 1. The van der Waals surface area contributed by atoms with Crippen molar-refractivity contribution in [3.8, 4) is 0 Å². The molecule has 0 aliphatic carbocycles. The Morgan fingerprint density at radius 3 is 3.00 bits per heavy atom. The van der Waals surface area contributed by atoms with Crippen LogP contribution < -0.4 is 16.0 Å². The van der Waals surface area contributed by atoms with Gasteiger partial charge < -0.3 is 16.0 Å². The minimum atomic E-state index is -0.691. The Labute approximate surface area is 138 Å². The molecule has 1 aliphatic heterocycles. The molecule has 0 saturated carbocycles. The highest BCUT2D eigenvalue weighted by Crippen LogP contribution is 2.23. The Morgan fingerprint density at radius 2 is 2.26 bits per heavy atom. The van der Waals surface area contributed by atoms with Crippen LogP contribution >= 0.6 is 11.6 Å². The molecule has 0 unspecified atom stereocenters. The van der Waals surface area contributed by atoms with Crippen molar-refractivity contribution in [3.63, 3.8) is 0 Å². The van der Waals surface area contributed by atoms with E-state index in [-0.39, 0.29) is 22.3 Å². The van der Waals surface area contributed by atoms with E-state index in [9.17, 15) is 9.18 Å². The van der Waals surface area contributed by atoms with Gasteiger partial charge in [-0.05, 0) is 30.7 Å². The third-order valence-corrected chi connectivity index (χ3v) is 4.05. The van der Waals surface area contributed by atoms with Gasteiger partial charge in [-0.2, -0.15) is 0 Å². The summed E-state index contributed by atoms with van der Waals surface area (Å²) in [5, 5.41) is 3.02. The summed E-state index contributed by atoms with van der Waals surface area (Å²) in [4.78, 5) is 18.7. The van der Waals surface area contributed by atoms with Crippen LogP contribution in [0.3, 0.4) is 0 Å². The van der Waals surface area contributed by atoms with Crippen molar-refractivity contribution in [2.75, 3.05) is 23.7 Å². The molecule has 1 aromatic carbocycles. The van der Waals surface area contributed by atoms with Gasteiger partial charge in [0.2, 0.25) is 0 Å². The molecule has 1 amide bonds. The molecule has 0 radical (unpaired) electrons. The highest BCUT2D eigenvalue weighted by molar-refractivity contribution is 6.31. The van der Waals surface area contributed by atoms with E-state index in [1.165, 1.54) is 6.07 Å². The lowest BCUT2D eigenvalue weighted by molar-refractivity contribution is 0.0941. The van der Waals surface area contributed by atoms with E-state index in [1.54, 1.807) is 6.20 Å². The number of carbonyl (C=O) groups is 1. The number of benzene rings is 1. The predicted octanol–water partition coefficient (Wildman–Crippen LogP) is 2.47. The smallest absolute Gasteiger partial charge is 0.253 e. The highest BCUT2D eigenvalue weighted by Gasteiger charge is 2.26. The molecule has 1 aliphatic rings. The minimum absolute atomic E-state index is 0.0500. The minimum Gasteiger partial charge on any atom is -0.396 e. The molecule has 120 valence electrons. The fourth-order valence-corrected chi connectivity index (χ4v) is 2.87. The molecule has 3 rings (SSSR count). The number of amides is 1. The summed E-state index contributed by atoms with van der Waals surface area (Å²) in [6.45, 7) is 1.44. The summed E-state index contributed by atoms with van der Waals surface area (Å²) in [5.41, 5.74) is 5.50. The van der Waals surface area contributed by atoms with Gasteiger partial charge in [0.25, 0.3) is 5.91 Å². The monoisotopic (exact) mass is 334 g/mol. The second-order valence-corrected chi connectivity index (χ2v) is 5.88. The van der Waals surface area contributed by atoms with E-state index in [2.05, 4.69) is 15.2 Å². The lowest BCUT2D eigenvalue weighted by Crippen LogP contribution is -2.37. The summed E-state index contributed by atoms with van der Waals surface area (Å²) in [6, 6.07) is 8.12. The van der Waals surface area contributed by atoms with Gasteiger partial charge in [0.05, 0.1) is 11.3 Å². The quantitative estimate of drug-likeness (QED) is 0.846. The molecule has 2 aromatic rings. The summed E-state index contributed by atoms with van der Waals surface area (Å²) in [6.07, 6.45) is 2.52. The Hall–Kier alpha value is -2.34. The summed E-state index contributed by atoms with van der Waals surface area (Å²) >= 11 is 5.79. The van der Waals surface area contributed by atoms with Crippen LogP contribution in [0.1, 0.15) is 16.8 Å². The Balaban J connectivity index is 1.68. The second-order valence-electron chi connectivity index (χ2n) is 5.44. The lowest BCUT2D eigenvalue weighted by atomic mass is 10.1. The van der Waals surface area contributed by atoms with Crippen molar-refractivity contribution in [3.05, 3.63) is 52.9 Å². The second kappa shape index (κ2) is 6.42. The fraction of sp³-hybridized carbons (Fsp3) is 0.250. The maximum absolute atomic E-state index is 13.6. The van der Waals surface area contributed by atoms with E-state index in [0.717, 1.165) is 24.8 Å². The van der Waals surface area contributed by atoms with Crippen molar-refractivity contribution in [1.82, 2.24) is 10.3 Å².